The first-order valence-corrected chi connectivity index (χ1v) is 8.27. The summed E-state index contributed by atoms with van der Waals surface area (Å²) in [5.41, 5.74) is 2.49. The van der Waals surface area contributed by atoms with E-state index in [-0.39, 0.29) is 12.2 Å². The number of carbonyl (C=O) groups excluding carboxylic acids is 1. The van der Waals surface area contributed by atoms with Crippen LogP contribution in [0.15, 0.2) is 36.4 Å². The third-order valence-electron chi connectivity index (χ3n) is 3.92. The van der Waals surface area contributed by atoms with Gasteiger partial charge in [0.05, 0.1) is 5.56 Å². The van der Waals surface area contributed by atoms with Crippen molar-refractivity contribution >= 4 is 12.1 Å². The van der Waals surface area contributed by atoms with E-state index in [4.69, 9.17) is 9.53 Å². The molecule has 0 saturated heterocycles. The van der Waals surface area contributed by atoms with Crippen molar-refractivity contribution < 1.29 is 22.7 Å². The Kier molecular flexibility index (Phi) is 7.00. The Balaban J connectivity index is 0.000000596. The summed E-state index contributed by atoms with van der Waals surface area (Å²) in [6, 6.07) is 9.46. The Morgan fingerprint density at radius 1 is 1.26 bits per heavy atom. The molecule has 1 amide bonds. The summed E-state index contributed by atoms with van der Waals surface area (Å²) >= 11 is 0. The summed E-state index contributed by atoms with van der Waals surface area (Å²) in [5.74, 6) is 5.23. The zero-order chi connectivity index (χ0) is 19.9. The maximum absolute atomic E-state index is 13.2. The molecule has 9 heteroatoms. The van der Waals surface area contributed by atoms with Gasteiger partial charge in [-0.05, 0) is 31.0 Å². The van der Waals surface area contributed by atoms with Gasteiger partial charge < -0.3 is 10.1 Å². The number of hydrazine groups is 1. The number of hydrogen-bond acceptors (Lipinski definition) is 5. The van der Waals surface area contributed by atoms with Crippen LogP contribution in [0.25, 0.3) is 0 Å². The highest BCUT2D eigenvalue weighted by Crippen LogP contribution is 2.39. The Labute approximate surface area is 154 Å². The standard InChI is InChI=1S/C17H17F3N2O.CH4N2O/c1-21-15-6-2-4-13(17(18,19)20)12(15)10-23-16-7-3-5-14(22-16)11-8-9-11;2-3-1-4/h2-7,11,21H,8-10H2,1H3;1H,2H2,(H,3,4). The van der Waals surface area contributed by atoms with E-state index in [0.29, 0.717) is 23.9 Å². The van der Waals surface area contributed by atoms with Crippen LogP contribution < -0.4 is 21.3 Å². The minimum absolute atomic E-state index is 0.0844. The minimum atomic E-state index is -4.42. The molecule has 6 nitrogen and oxygen atoms in total. The van der Waals surface area contributed by atoms with Crippen LogP contribution >= 0.6 is 0 Å². The molecular weight excluding hydrogens is 361 g/mol. The monoisotopic (exact) mass is 382 g/mol. The van der Waals surface area contributed by atoms with E-state index in [2.05, 4.69) is 16.1 Å². The highest BCUT2D eigenvalue weighted by atomic mass is 19.4. The smallest absolute Gasteiger partial charge is 0.416 e. The lowest BCUT2D eigenvalue weighted by Gasteiger charge is -2.17. The molecule has 1 aromatic carbocycles. The van der Waals surface area contributed by atoms with E-state index in [1.54, 1.807) is 24.6 Å². The maximum atomic E-state index is 13.2. The van der Waals surface area contributed by atoms with Gasteiger partial charge in [0.25, 0.3) is 0 Å². The van der Waals surface area contributed by atoms with Crippen LogP contribution in [-0.4, -0.2) is 18.4 Å². The van der Waals surface area contributed by atoms with Gasteiger partial charge in [0, 0.05) is 36.0 Å². The molecule has 1 heterocycles. The number of benzene rings is 1. The molecule has 0 spiro atoms. The molecule has 1 saturated carbocycles. The van der Waals surface area contributed by atoms with Gasteiger partial charge in [-0.1, -0.05) is 12.1 Å². The van der Waals surface area contributed by atoms with Crippen LogP contribution in [-0.2, 0) is 17.6 Å². The second-order valence-corrected chi connectivity index (χ2v) is 5.83. The van der Waals surface area contributed by atoms with Gasteiger partial charge in [-0.2, -0.15) is 13.2 Å². The first-order valence-electron chi connectivity index (χ1n) is 8.27. The number of carbonyl (C=O) groups is 1. The molecule has 0 bridgehead atoms. The number of nitrogens with zero attached hydrogens (tertiary/aromatic N) is 1. The third kappa shape index (κ3) is 5.85. The van der Waals surface area contributed by atoms with Crippen LogP contribution in [0.4, 0.5) is 18.9 Å². The average molecular weight is 382 g/mol. The molecule has 0 unspecified atom stereocenters. The first kappa shape index (κ1) is 20.5. The van der Waals surface area contributed by atoms with Crippen molar-refractivity contribution in [1.29, 1.82) is 0 Å². The summed E-state index contributed by atoms with van der Waals surface area (Å²) < 4.78 is 45.0. The van der Waals surface area contributed by atoms with Gasteiger partial charge in [-0.15, -0.1) is 0 Å². The highest BCUT2D eigenvalue weighted by molar-refractivity contribution is 5.55. The summed E-state index contributed by atoms with van der Waals surface area (Å²) in [5, 5.41) is 2.78. The van der Waals surface area contributed by atoms with Crippen LogP contribution in [0.3, 0.4) is 0 Å². The molecule has 3 rings (SSSR count). The van der Waals surface area contributed by atoms with E-state index in [9.17, 15) is 13.2 Å². The lowest BCUT2D eigenvalue weighted by Crippen LogP contribution is -2.18. The second-order valence-electron chi connectivity index (χ2n) is 5.83. The van der Waals surface area contributed by atoms with E-state index < -0.39 is 11.7 Å². The number of anilines is 1. The fourth-order valence-electron chi connectivity index (χ4n) is 2.51. The fraction of sp³-hybridized carbons (Fsp3) is 0.333. The number of amides is 1. The quantitative estimate of drug-likeness (QED) is 0.309. The van der Waals surface area contributed by atoms with E-state index in [0.717, 1.165) is 24.6 Å². The van der Waals surface area contributed by atoms with Crippen LogP contribution in [0.2, 0.25) is 0 Å². The Morgan fingerprint density at radius 3 is 2.48 bits per heavy atom. The van der Waals surface area contributed by atoms with Crippen LogP contribution in [0.1, 0.15) is 35.6 Å². The summed E-state index contributed by atoms with van der Waals surface area (Å²) in [4.78, 5) is 13.3. The second kappa shape index (κ2) is 9.22. The number of halogens is 3. The molecule has 2 aromatic rings. The summed E-state index contributed by atoms with van der Waals surface area (Å²) in [6.07, 6.45) is -1.80. The van der Waals surface area contributed by atoms with Crippen molar-refractivity contribution in [2.24, 2.45) is 5.84 Å². The SMILES string of the molecule is CNc1cccc(C(F)(F)F)c1COc1cccc(C2CC2)n1.NNC=O. The van der Waals surface area contributed by atoms with Gasteiger partial charge >= 0.3 is 6.18 Å². The molecule has 4 N–H and O–H groups in total. The third-order valence-corrected chi connectivity index (χ3v) is 3.92. The predicted molar refractivity (Wildman–Crippen MR) is 94.9 cm³/mol. The number of ether oxygens (including phenoxy) is 1. The van der Waals surface area contributed by atoms with Gasteiger partial charge in [-0.3, -0.25) is 10.2 Å². The lowest BCUT2D eigenvalue weighted by molar-refractivity contribution is -0.138. The topological polar surface area (TPSA) is 89.3 Å². The largest absolute Gasteiger partial charge is 0.473 e. The molecule has 0 aliphatic heterocycles. The van der Waals surface area contributed by atoms with Crippen molar-refractivity contribution in [1.82, 2.24) is 10.4 Å². The van der Waals surface area contributed by atoms with Crippen molar-refractivity contribution in [3.8, 4) is 5.88 Å². The molecule has 1 aromatic heterocycles. The van der Waals surface area contributed by atoms with Crippen molar-refractivity contribution in [2.45, 2.75) is 31.5 Å². The predicted octanol–water partition coefficient (Wildman–Crippen LogP) is 3.20. The first-order chi connectivity index (χ1) is 12.9. The maximum Gasteiger partial charge on any atom is 0.416 e. The molecule has 1 fully saturated rings. The fourth-order valence-corrected chi connectivity index (χ4v) is 2.51. The van der Waals surface area contributed by atoms with Crippen molar-refractivity contribution in [3.63, 3.8) is 0 Å². The molecule has 0 radical (unpaired) electrons. The normalized spacial score (nSPS) is 13.2. The minimum Gasteiger partial charge on any atom is -0.473 e. The van der Waals surface area contributed by atoms with E-state index >= 15 is 0 Å². The molecule has 27 heavy (non-hydrogen) atoms. The number of rotatable bonds is 6. The number of nitrogens with one attached hydrogen (secondary N) is 2. The van der Waals surface area contributed by atoms with E-state index in [1.165, 1.54) is 6.07 Å². The Bertz CT molecular complexity index is 765. The number of hydrogen-bond donors (Lipinski definition) is 3. The van der Waals surface area contributed by atoms with Crippen LogP contribution in [0, 0.1) is 0 Å². The van der Waals surface area contributed by atoms with Gasteiger partial charge in [-0.25, -0.2) is 10.8 Å². The molecule has 1 aliphatic carbocycles. The zero-order valence-corrected chi connectivity index (χ0v) is 14.7. The Hall–Kier alpha value is -2.81. The summed E-state index contributed by atoms with van der Waals surface area (Å²) in [6.45, 7) is -0.188. The number of aromatic nitrogens is 1. The highest BCUT2D eigenvalue weighted by Gasteiger charge is 2.34. The zero-order valence-electron chi connectivity index (χ0n) is 14.7. The van der Waals surface area contributed by atoms with Crippen molar-refractivity contribution in [2.75, 3.05) is 12.4 Å². The molecule has 1 aliphatic rings. The van der Waals surface area contributed by atoms with E-state index in [1.807, 2.05) is 12.1 Å². The number of nitrogens with two attached hydrogens (primary N) is 1. The lowest BCUT2D eigenvalue weighted by atomic mass is 10.1. The molecule has 0 atom stereocenters. The molecular formula is C18H21F3N4O2. The Morgan fingerprint density at radius 2 is 1.93 bits per heavy atom. The van der Waals surface area contributed by atoms with Gasteiger partial charge in [0.15, 0.2) is 0 Å². The van der Waals surface area contributed by atoms with Crippen LogP contribution in [0.5, 0.6) is 5.88 Å². The average Bonchev–Trinajstić information content (AvgIpc) is 3.51. The number of alkyl halides is 3. The summed E-state index contributed by atoms with van der Waals surface area (Å²) in [7, 11) is 1.59. The molecule has 146 valence electrons. The van der Waals surface area contributed by atoms with Crippen molar-refractivity contribution in [3.05, 3.63) is 53.2 Å². The van der Waals surface area contributed by atoms with Gasteiger partial charge in [0.1, 0.15) is 6.61 Å². The van der Waals surface area contributed by atoms with Gasteiger partial charge in [0.2, 0.25) is 12.3 Å². The number of pyridine rings is 1.